The summed E-state index contributed by atoms with van der Waals surface area (Å²) in [6, 6.07) is 5.68. The van der Waals surface area contributed by atoms with Crippen LogP contribution in [0.25, 0.3) is 0 Å². The molecule has 0 radical (unpaired) electrons. The van der Waals surface area contributed by atoms with Gasteiger partial charge in [0.2, 0.25) is 5.91 Å². The summed E-state index contributed by atoms with van der Waals surface area (Å²) >= 11 is 0. The van der Waals surface area contributed by atoms with Gasteiger partial charge >= 0.3 is 0 Å². The highest BCUT2D eigenvalue weighted by Gasteiger charge is 2.10. The highest BCUT2D eigenvalue weighted by Crippen LogP contribution is 2.16. The van der Waals surface area contributed by atoms with Crippen molar-refractivity contribution in [1.82, 2.24) is 10.2 Å². The van der Waals surface area contributed by atoms with Crippen molar-refractivity contribution in [2.24, 2.45) is 0 Å². The molecule has 2 rings (SSSR count). The lowest BCUT2D eigenvalue weighted by Crippen LogP contribution is -2.16. The van der Waals surface area contributed by atoms with Crippen LogP contribution in [0.4, 0.5) is 10.1 Å². The van der Waals surface area contributed by atoms with E-state index in [9.17, 15) is 9.18 Å². The van der Waals surface area contributed by atoms with E-state index in [1.807, 2.05) is 13.8 Å². The third-order valence-electron chi connectivity index (χ3n) is 2.80. The molecule has 0 unspecified atom stereocenters. The normalized spacial score (nSPS) is 10.3. The molecule has 1 amide bonds. The Kier molecular flexibility index (Phi) is 4.34. The van der Waals surface area contributed by atoms with Gasteiger partial charge in [0, 0.05) is 0 Å². The van der Waals surface area contributed by atoms with E-state index >= 15 is 0 Å². The molecule has 0 saturated heterocycles. The van der Waals surface area contributed by atoms with Crippen LogP contribution in [0.15, 0.2) is 24.3 Å². The van der Waals surface area contributed by atoms with Crippen LogP contribution in [0.3, 0.4) is 0 Å². The Morgan fingerprint density at radius 2 is 2.05 bits per heavy atom. The number of aromatic nitrogens is 2. The average molecular weight is 277 g/mol. The van der Waals surface area contributed by atoms with Crippen LogP contribution in [-0.2, 0) is 4.79 Å². The number of anilines is 1. The number of rotatable bonds is 5. The highest BCUT2D eigenvalue weighted by molar-refractivity contribution is 5.91. The predicted octanol–water partition coefficient (Wildman–Crippen LogP) is 2.57. The number of amides is 1. The van der Waals surface area contributed by atoms with Crippen LogP contribution in [0.2, 0.25) is 0 Å². The van der Waals surface area contributed by atoms with Gasteiger partial charge in [-0.2, -0.15) is 5.10 Å². The van der Waals surface area contributed by atoms with Gasteiger partial charge in [-0.15, -0.1) is 0 Å². The van der Waals surface area contributed by atoms with Crippen LogP contribution in [0, 0.1) is 19.7 Å². The van der Waals surface area contributed by atoms with E-state index in [-0.39, 0.29) is 24.8 Å². The number of halogens is 1. The van der Waals surface area contributed by atoms with Crippen LogP contribution in [0.5, 0.6) is 5.75 Å². The Balaban J connectivity index is 1.80. The maximum Gasteiger partial charge on any atom is 0.227 e. The van der Waals surface area contributed by atoms with E-state index in [2.05, 4.69) is 15.5 Å². The van der Waals surface area contributed by atoms with Gasteiger partial charge in [0.05, 0.1) is 30.1 Å². The molecule has 2 N–H and O–H groups in total. The summed E-state index contributed by atoms with van der Waals surface area (Å²) in [5.74, 6) is 0.0654. The van der Waals surface area contributed by atoms with E-state index in [0.29, 0.717) is 11.4 Å². The SMILES string of the molecule is Cc1n[nH]c(C)c1NC(=O)CCOc1ccc(F)cc1. The first kappa shape index (κ1) is 14.0. The molecular weight excluding hydrogens is 261 g/mol. The van der Waals surface area contributed by atoms with Crippen molar-refractivity contribution in [1.29, 1.82) is 0 Å². The van der Waals surface area contributed by atoms with Crippen molar-refractivity contribution < 1.29 is 13.9 Å². The maximum absolute atomic E-state index is 12.7. The minimum Gasteiger partial charge on any atom is -0.493 e. The summed E-state index contributed by atoms with van der Waals surface area (Å²) in [6.07, 6.45) is 0.210. The molecule has 0 atom stereocenters. The van der Waals surface area contributed by atoms with Crippen molar-refractivity contribution >= 4 is 11.6 Å². The number of H-pyrrole nitrogens is 1. The fraction of sp³-hybridized carbons (Fsp3) is 0.286. The molecule has 0 aliphatic heterocycles. The molecule has 20 heavy (non-hydrogen) atoms. The van der Waals surface area contributed by atoms with Crippen LogP contribution < -0.4 is 10.1 Å². The molecule has 1 aromatic heterocycles. The lowest BCUT2D eigenvalue weighted by Gasteiger charge is -2.07. The van der Waals surface area contributed by atoms with Gasteiger partial charge in [0.1, 0.15) is 11.6 Å². The van der Waals surface area contributed by atoms with Crippen molar-refractivity contribution in [3.05, 3.63) is 41.5 Å². The number of hydrogen-bond donors (Lipinski definition) is 2. The first-order valence-electron chi connectivity index (χ1n) is 6.26. The number of aryl methyl sites for hydroxylation is 2. The number of carbonyl (C=O) groups is 1. The summed E-state index contributed by atoms with van der Waals surface area (Å²) in [4.78, 5) is 11.8. The quantitative estimate of drug-likeness (QED) is 0.882. The van der Waals surface area contributed by atoms with E-state index in [1.54, 1.807) is 0 Å². The summed E-state index contributed by atoms with van der Waals surface area (Å²) in [5.41, 5.74) is 2.27. The molecule has 6 heteroatoms. The van der Waals surface area contributed by atoms with Crippen LogP contribution >= 0.6 is 0 Å². The number of ether oxygens (including phenoxy) is 1. The van der Waals surface area contributed by atoms with Gasteiger partial charge in [-0.05, 0) is 38.1 Å². The largest absolute Gasteiger partial charge is 0.493 e. The smallest absolute Gasteiger partial charge is 0.227 e. The first-order valence-corrected chi connectivity index (χ1v) is 6.26. The Labute approximate surface area is 116 Å². The monoisotopic (exact) mass is 277 g/mol. The number of aromatic amines is 1. The fourth-order valence-corrected chi connectivity index (χ4v) is 1.73. The zero-order valence-corrected chi connectivity index (χ0v) is 11.4. The lowest BCUT2D eigenvalue weighted by molar-refractivity contribution is -0.116. The molecule has 0 spiro atoms. The second-order valence-electron chi connectivity index (χ2n) is 4.41. The Bertz CT molecular complexity index is 573. The average Bonchev–Trinajstić information content (AvgIpc) is 2.73. The third-order valence-corrected chi connectivity index (χ3v) is 2.80. The molecule has 5 nitrogen and oxygen atoms in total. The molecule has 1 aromatic carbocycles. The second kappa shape index (κ2) is 6.18. The van der Waals surface area contributed by atoms with E-state index in [4.69, 9.17) is 4.74 Å². The molecule has 0 fully saturated rings. The molecule has 2 aromatic rings. The predicted molar refractivity (Wildman–Crippen MR) is 73.2 cm³/mol. The fourth-order valence-electron chi connectivity index (χ4n) is 1.73. The molecule has 0 saturated carbocycles. The number of benzene rings is 1. The van der Waals surface area contributed by atoms with E-state index in [0.717, 1.165) is 11.4 Å². The minimum absolute atomic E-state index is 0.153. The van der Waals surface area contributed by atoms with Gasteiger partial charge in [-0.25, -0.2) is 4.39 Å². The summed E-state index contributed by atoms with van der Waals surface area (Å²) in [6.45, 7) is 3.88. The first-order chi connectivity index (χ1) is 9.56. The third kappa shape index (κ3) is 3.57. The molecule has 1 heterocycles. The van der Waals surface area contributed by atoms with Gasteiger partial charge in [-0.1, -0.05) is 0 Å². The zero-order valence-electron chi connectivity index (χ0n) is 11.4. The molecule has 106 valence electrons. The maximum atomic E-state index is 12.7. The molecule has 0 bridgehead atoms. The Morgan fingerprint density at radius 3 is 2.65 bits per heavy atom. The number of nitrogens with zero attached hydrogens (tertiary/aromatic N) is 1. The molecular formula is C14H16FN3O2. The lowest BCUT2D eigenvalue weighted by atomic mass is 10.3. The number of nitrogens with one attached hydrogen (secondary N) is 2. The van der Waals surface area contributed by atoms with Crippen molar-refractivity contribution in [3.8, 4) is 5.75 Å². The van der Waals surface area contributed by atoms with Crippen molar-refractivity contribution in [2.75, 3.05) is 11.9 Å². The molecule has 0 aliphatic carbocycles. The van der Waals surface area contributed by atoms with Gasteiger partial charge in [0.25, 0.3) is 0 Å². The van der Waals surface area contributed by atoms with Gasteiger partial charge in [0.15, 0.2) is 0 Å². The van der Waals surface area contributed by atoms with E-state index < -0.39 is 0 Å². The topological polar surface area (TPSA) is 67.0 Å². The summed E-state index contributed by atoms with van der Waals surface area (Å²) in [5, 5.41) is 9.58. The highest BCUT2D eigenvalue weighted by atomic mass is 19.1. The van der Waals surface area contributed by atoms with E-state index in [1.165, 1.54) is 24.3 Å². The zero-order chi connectivity index (χ0) is 14.5. The van der Waals surface area contributed by atoms with Gasteiger partial charge in [-0.3, -0.25) is 9.89 Å². The Morgan fingerprint density at radius 1 is 1.35 bits per heavy atom. The Hall–Kier alpha value is -2.37. The van der Waals surface area contributed by atoms with Crippen LogP contribution in [0.1, 0.15) is 17.8 Å². The second-order valence-corrected chi connectivity index (χ2v) is 4.41. The number of carbonyl (C=O) groups excluding carboxylic acids is 1. The number of hydrogen-bond acceptors (Lipinski definition) is 3. The standard InChI is InChI=1S/C14H16FN3O2/c1-9-14(10(2)18-17-9)16-13(19)7-8-20-12-5-3-11(15)4-6-12/h3-6H,7-8H2,1-2H3,(H,16,19)(H,17,18). The van der Waals surface area contributed by atoms with Crippen molar-refractivity contribution in [3.63, 3.8) is 0 Å². The van der Waals surface area contributed by atoms with Gasteiger partial charge < -0.3 is 10.1 Å². The van der Waals surface area contributed by atoms with Crippen LogP contribution in [-0.4, -0.2) is 22.7 Å². The minimum atomic E-state index is -0.319. The summed E-state index contributed by atoms with van der Waals surface area (Å²) < 4.78 is 18.1. The van der Waals surface area contributed by atoms with Crippen molar-refractivity contribution in [2.45, 2.75) is 20.3 Å². The molecule has 0 aliphatic rings. The summed E-state index contributed by atoms with van der Waals surface area (Å²) in [7, 11) is 0.